The van der Waals surface area contributed by atoms with Crippen molar-refractivity contribution < 1.29 is 23.8 Å². The van der Waals surface area contributed by atoms with Crippen LogP contribution in [0.2, 0.25) is 0 Å². The number of anilines is 1. The van der Waals surface area contributed by atoms with E-state index in [0.717, 1.165) is 0 Å². The second kappa shape index (κ2) is 10.8. The van der Waals surface area contributed by atoms with Crippen molar-refractivity contribution in [1.29, 1.82) is 0 Å². The molecule has 0 aliphatic rings. The molecule has 0 spiro atoms. The molecule has 2 aromatic carbocycles. The van der Waals surface area contributed by atoms with Crippen LogP contribution in [0.3, 0.4) is 0 Å². The molecule has 8 heteroatoms. The molecule has 0 heterocycles. The first-order valence-corrected chi connectivity index (χ1v) is 9.39. The molecule has 30 heavy (non-hydrogen) atoms. The Labute approximate surface area is 176 Å². The molecule has 0 saturated heterocycles. The zero-order valence-corrected chi connectivity index (χ0v) is 17.8. The summed E-state index contributed by atoms with van der Waals surface area (Å²) in [5.74, 6) is -0.191. The zero-order valence-electron chi connectivity index (χ0n) is 17.8. The van der Waals surface area contributed by atoms with E-state index in [1.54, 1.807) is 70.5 Å². The van der Waals surface area contributed by atoms with Crippen LogP contribution in [0.4, 0.5) is 5.69 Å². The van der Waals surface area contributed by atoms with Gasteiger partial charge in [-0.1, -0.05) is 13.8 Å². The predicted octanol–water partition coefficient (Wildman–Crippen LogP) is 3.07. The molecule has 1 atom stereocenters. The number of nitrogens with zero attached hydrogens (tertiary/aromatic N) is 1. The van der Waals surface area contributed by atoms with Crippen LogP contribution in [0.25, 0.3) is 0 Å². The van der Waals surface area contributed by atoms with Gasteiger partial charge in [0.25, 0.3) is 5.91 Å². The number of hydrazone groups is 1. The van der Waals surface area contributed by atoms with Crippen molar-refractivity contribution in [2.75, 3.05) is 26.6 Å². The Kier molecular flexibility index (Phi) is 8.22. The van der Waals surface area contributed by atoms with Crippen LogP contribution >= 0.6 is 0 Å². The van der Waals surface area contributed by atoms with Gasteiger partial charge in [-0.25, -0.2) is 5.43 Å². The number of benzene rings is 2. The molecule has 2 rings (SSSR count). The van der Waals surface area contributed by atoms with Gasteiger partial charge in [-0.3, -0.25) is 9.59 Å². The molecule has 0 aliphatic heterocycles. The van der Waals surface area contributed by atoms with E-state index in [0.29, 0.717) is 28.5 Å². The van der Waals surface area contributed by atoms with Crippen LogP contribution in [0.5, 0.6) is 17.2 Å². The fourth-order valence-corrected chi connectivity index (χ4v) is 2.78. The van der Waals surface area contributed by atoms with Gasteiger partial charge >= 0.3 is 0 Å². The number of nitrogens with one attached hydrogen (secondary N) is 2. The Morgan fingerprint density at radius 1 is 0.900 bits per heavy atom. The third kappa shape index (κ3) is 5.97. The molecule has 0 aromatic heterocycles. The van der Waals surface area contributed by atoms with E-state index in [4.69, 9.17) is 14.2 Å². The first kappa shape index (κ1) is 22.7. The number of ether oxygens (including phenoxy) is 3. The van der Waals surface area contributed by atoms with Crippen LogP contribution < -0.4 is 25.0 Å². The van der Waals surface area contributed by atoms with Gasteiger partial charge in [0.15, 0.2) is 0 Å². The smallest absolute Gasteiger partial charge is 0.252 e. The number of hydrogen-bond donors (Lipinski definition) is 2. The van der Waals surface area contributed by atoms with Crippen molar-refractivity contribution in [1.82, 2.24) is 5.43 Å². The first-order valence-electron chi connectivity index (χ1n) is 9.39. The Morgan fingerprint density at radius 3 is 2.10 bits per heavy atom. The SMILES string of the molecule is COc1ccc(NC(=O)C(C(=O)NN=Cc2ccc(OC)cc2OC)C(C)C)cc1. The summed E-state index contributed by atoms with van der Waals surface area (Å²) in [4.78, 5) is 25.3. The maximum Gasteiger partial charge on any atom is 0.252 e. The topological polar surface area (TPSA) is 98.2 Å². The lowest BCUT2D eigenvalue weighted by molar-refractivity contribution is -0.134. The number of carbonyl (C=O) groups excluding carboxylic acids is 2. The summed E-state index contributed by atoms with van der Waals surface area (Å²) >= 11 is 0. The molecule has 2 amide bonds. The summed E-state index contributed by atoms with van der Waals surface area (Å²) in [6.07, 6.45) is 1.45. The van der Waals surface area contributed by atoms with E-state index < -0.39 is 17.7 Å². The molecule has 0 aliphatic carbocycles. The molecule has 8 nitrogen and oxygen atoms in total. The van der Waals surface area contributed by atoms with Gasteiger partial charge in [0, 0.05) is 17.3 Å². The monoisotopic (exact) mass is 413 g/mol. The van der Waals surface area contributed by atoms with E-state index in [9.17, 15) is 9.59 Å². The lowest BCUT2D eigenvalue weighted by atomic mass is 9.94. The van der Waals surface area contributed by atoms with Crippen molar-refractivity contribution in [3.8, 4) is 17.2 Å². The molecule has 2 aromatic rings. The lowest BCUT2D eigenvalue weighted by Crippen LogP contribution is -2.39. The average Bonchev–Trinajstić information content (AvgIpc) is 2.74. The first-order chi connectivity index (χ1) is 14.4. The number of methoxy groups -OCH3 is 3. The summed E-state index contributed by atoms with van der Waals surface area (Å²) in [6, 6.07) is 12.1. The van der Waals surface area contributed by atoms with Crippen molar-refractivity contribution in [2.45, 2.75) is 13.8 Å². The van der Waals surface area contributed by atoms with E-state index in [1.807, 2.05) is 0 Å². The van der Waals surface area contributed by atoms with Gasteiger partial charge in [-0.2, -0.15) is 5.10 Å². The maximum absolute atomic E-state index is 12.7. The minimum absolute atomic E-state index is 0.228. The number of carbonyl (C=O) groups is 2. The molecular weight excluding hydrogens is 386 g/mol. The molecule has 0 fully saturated rings. The zero-order chi connectivity index (χ0) is 22.1. The van der Waals surface area contributed by atoms with E-state index >= 15 is 0 Å². The van der Waals surface area contributed by atoms with Crippen molar-refractivity contribution in [2.24, 2.45) is 16.9 Å². The second-order valence-electron chi connectivity index (χ2n) is 6.78. The molecule has 1 unspecified atom stereocenters. The third-order valence-electron chi connectivity index (χ3n) is 4.41. The molecule has 0 radical (unpaired) electrons. The van der Waals surface area contributed by atoms with Crippen LogP contribution in [0.1, 0.15) is 19.4 Å². The Hall–Kier alpha value is -3.55. The average molecular weight is 413 g/mol. The lowest BCUT2D eigenvalue weighted by Gasteiger charge is -2.18. The minimum Gasteiger partial charge on any atom is -0.497 e. The van der Waals surface area contributed by atoms with Crippen LogP contribution in [-0.4, -0.2) is 39.4 Å². The summed E-state index contributed by atoms with van der Waals surface area (Å²) < 4.78 is 15.5. The molecule has 160 valence electrons. The molecule has 2 N–H and O–H groups in total. The Morgan fingerprint density at radius 2 is 1.53 bits per heavy atom. The highest BCUT2D eigenvalue weighted by Crippen LogP contribution is 2.23. The number of rotatable bonds is 9. The third-order valence-corrected chi connectivity index (χ3v) is 4.41. The Balaban J connectivity index is 2.06. The molecule has 0 saturated carbocycles. The molecular formula is C22H27N3O5. The Bertz CT molecular complexity index is 894. The van der Waals surface area contributed by atoms with Crippen LogP contribution in [-0.2, 0) is 9.59 Å². The van der Waals surface area contributed by atoms with Crippen molar-refractivity contribution in [3.05, 3.63) is 48.0 Å². The summed E-state index contributed by atoms with van der Waals surface area (Å²) in [5, 5.41) is 6.73. The quantitative estimate of drug-likeness (QED) is 0.374. The standard InChI is InChI=1S/C22H27N3O5/c1-14(2)20(21(26)24-16-7-10-17(28-3)11-8-16)22(27)25-23-13-15-6-9-18(29-4)12-19(15)30-5/h6-14,20H,1-5H3,(H,24,26)(H,25,27). The van der Waals surface area contributed by atoms with E-state index in [1.165, 1.54) is 13.3 Å². The van der Waals surface area contributed by atoms with Gasteiger partial charge < -0.3 is 19.5 Å². The summed E-state index contributed by atoms with van der Waals surface area (Å²) in [5.41, 5.74) is 3.67. The minimum atomic E-state index is -0.915. The number of amides is 2. The fraction of sp³-hybridized carbons (Fsp3) is 0.318. The highest BCUT2D eigenvalue weighted by Gasteiger charge is 2.30. The van der Waals surface area contributed by atoms with Gasteiger partial charge in [0.2, 0.25) is 5.91 Å². The fourth-order valence-electron chi connectivity index (χ4n) is 2.78. The second-order valence-corrected chi connectivity index (χ2v) is 6.78. The maximum atomic E-state index is 12.7. The molecule has 0 bridgehead atoms. The largest absolute Gasteiger partial charge is 0.497 e. The highest BCUT2D eigenvalue weighted by molar-refractivity contribution is 6.06. The summed E-state index contributed by atoms with van der Waals surface area (Å²) in [6.45, 7) is 3.60. The normalized spacial score (nSPS) is 11.8. The van der Waals surface area contributed by atoms with Crippen LogP contribution in [0, 0.1) is 11.8 Å². The van der Waals surface area contributed by atoms with Crippen LogP contribution in [0.15, 0.2) is 47.6 Å². The van der Waals surface area contributed by atoms with Gasteiger partial charge in [-0.05, 0) is 42.3 Å². The highest BCUT2D eigenvalue weighted by atomic mass is 16.5. The number of hydrogen-bond acceptors (Lipinski definition) is 6. The van der Waals surface area contributed by atoms with Gasteiger partial charge in [0.1, 0.15) is 23.2 Å². The van der Waals surface area contributed by atoms with Crippen molar-refractivity contribution >= 4 is 23.7 Å². The predicted molar refractivity (Wildman–Crippen MR) is 115 cm³/mol. The van der Waals surface area contributed by atoms with E-state index in [-0.39, 0.29) is 5.92 Å². The van der Waals surface area contributed by atoms with E-state index in [2.05, 4.69) is 15.8 Å². The van der Waals surface area contributed by atoms with Gasteiger partial charge in [-0.15, -0.1) is 0 Å². The van der Waals surface area contributed by atoms with Gasteiger partial charge in [0.05, 0.1) is 27.5 Å². The van der Waals surface area contributed by atoms with Crippen molar-refractivity contribution in [3.63, 3.8) is 0 Å². The summed E-state index contributed by atoms with van der Waals surface area (Å²) in [7, 11) is 4.66.